The van der Waals surface area contributed by atoms with E-state index in [4.69, 9.17) is 5.11 Å². The summed E-state index contributed by atoms with van der Waals surface area (Å²) in [6.45, 7) is -0.612. The van der Waals surface area contributed by atoms with E-state index in [1.54, 1.807) is 18.2 Å². The van der Waals surface area contributed by atoms with Gasteiger partial charge in [-0.3, -0.25) is 4.79 Å². The molecule has 1 aromatic carbocycles. The SMILES string of the molecule is CN(CC(F)F)C(=O)CCc1ccccc1C(=O)O. The zero-order valence-corrected chi connectivity index (χ0v) is 10.5. The maximum absolute atomic E-state index is 12.1. The number of amides is 1. The van der Waals surface area contributed by atoms with Crippen molar-refractivity contribution in [2.24, 2.45) is 0 Å². The summed E-state index contributed by atoms with van der Waals surface area (Å²) in [6, 6.07) is 6.33. The molecule has 1 amide bonds. The Hall–Kier alpha value is -1.98. The molecular formula is C13H15F2NO3. The number of carbonyl (C=O) groups excluding carboxylic acids is 1. The smallest absolute Gasteiger partial charge is 0.335 e. The highest BCUT2D eigenvalue weighted by molar-refractivity contribution is 5.89. The fourth-order valence-electron chi connectivity index (χ4n) is 1.69. The number of hydrogen-bond acceptors (Lipinski definition) is 2. The van der Waals surface area contributed by atoms with Crippen LogP contribution in [0.25, 0.3) is 0 Å². The molecule has 104 valence electrons. The second-order valence-corrected chi connectivity index (χ2v) is 4.13. The lowest BCUT2D eigenvalue weighted by atomic mass is 10.0. The van der Waals surface area contributed by atoms with Crippen molar-refractivity contribution in [2.45, 2.75) is 19.3 Å². The molecular weight excluding hydrogens is 256 g/mol. The van der Waals surface area contributed by atoms with E-state index in [0.717, 1.165) is 4.90 Å². The van der Waals surface area contributed by atoms with Crippen LogP contribution in [0.2, 0.25) is 0 Å². The molecule has 19 heavy (non-hydrogen) atoms. The van der Waals surface area contributed by atoms with Gasteiger partial charge in [0.2, 0.25) is 5.91 Å². The van der Waals surface area contributed by atoms with E-state index < -0.39 is 24.8 Å². The van der Waals surface area contributed by atoms with Gasteiger partial charge in [0.05, 0.1) is 12.1 Å². The first-order valence-electron chi connectivity index (χ1n) is 5.75. The summed E-state index contributed by atoms with van der Waals surface area (Å²) in [4.78, 5) is 23.5. The molecule has 0 aromatic heterocycles. The van der Waals surface area contributed by atoms with Gasteiger partial charge in [0, 0.05) is 13.5 Å². The molecule has 0 radical (unpaired) electrons. The Labute approximate surface area is 109 Å². The van der Waals surface area contributed by atoms with Crippen LogP contribution in [0.4, 0.5) is 8.78 Å². The van der Waals surface area contributed by atoms with Crippen LogP contribution in [0.15, 0.2) is 24.3 Å². The molecule has 0 unspecified atom stereocenters. The largest absolute Gasteiger partial charge is 0.478 e. The van der Waals surface area contributed by atoms with Gasteiger partial charge < -0.3 is 10.0 Å². The number of aromatic carboxylic acids is 1. The first-order chi connectivity index (χ1) is 8.91. The molecule has 0 saturated carbocycles. The molecule has 0 bridgehead atoms. The first kappa shape index (κ1) is 15.1. The number of benzene rings is 1. The van der Waals surface area contributed by atoms with Crippen molar-refractivity contribution in [3.63, 3.8) is 0 Å². The fraction of sp³-hybridized carbons (Fsp3) is 0.385. The van der Waals surface area contributed by atoms with Crippen molar-refractivity contribution in [1.82, 2.24) is 4.90 Å². The molecule has 4 nitrogen and oxygen atoms in total. The van der Waals surface area contributed by atoms with Crippen molar-refractivity contribution in [3.8, 4) is 0 Å². The molecule has 0 aliphatic rings. The van der Waals surface area contributed by atoms with Gasteiger partial charge in [-0.05, 0) is 18.1 Å². The Morgan fingerprint density at radius 1 is 1.32 bits per heavy atom. The molecule has 0 fully saturated rings. The highest BCUT2D eigenvalue weighted by Crippen LogP contribution is 2.12. The van der Waals surface area contributed by atoms with Gasteiger partial charge >= 0.3 is 5.97 Å². The molecule has 0 aliphatic heterocycles. The van der Waals surface area contributed by atoms with E-state index in [-0.39, 0.29) is 18.4 Å². The summed E-state index contributed by atoms with van der Waals surface area (Å²) in [5.74, 6) is -1.50. The van der Waals surface area contributed by atoms with Crippen molar-refractivity contribution in [2.75, 3.05) is 13.6 Å². The quantitative estimate of drug-likeness (QED) is 0.861. The molecule has 1 aromatic rings. The summed E-state index contributed by atoms with van der Waals surface area (Å²) < 4.78 is 24.2. The number of halogens is 2. The summed E-state index contributed by atoms with van der Waals surface area (Å²) in [5, 5.41) is 8.96. The summed E-state index contributed by atoms with van der Waals surface area (Å²) in [5.41, 5.74) is 0.653. The molecule has 6 heteroatoms. The van der Waals surface area contributed by atoms with Crippen LogP contribution in [0.1, 0.15) is 22.3 Å². The second-order valence-electron chi connectivity index (χ2n) is 4.13. The molecule has 0 saturated heterocycles. The summed E-state index contributed by atoms with van der Waals surface area (Å²) >= 11 is 0. The Kier molecular flexibility index (Phi) is 5.41. The number of alkyl halides is 2. The maximum atomic E-state index is 12.1. The third-order valence-electron chi connectivity index (χ3n) is 2.69. The Balaban J connectivity index is 2.62. The van der Waals surface area contributed by atoms with Crippen molar-refractivity contribution >= 4 is 11.9 Å². The van der Waals surface area contributed by atoms with Crippen LogP contribution in [-0.2, 0) is 11.2 Å². The standard InChI is InChI=1S/C13H15F2NO3/c1-16(8-11(14)15)12(17)7-6-9-4-2-3-5-10(9)13(18)19/h2-5,11H,6-8H2,1H3,(H,18,19). The van der Waals surface area contributed by atoms with Gasteiger partial charge in [-0.1, -0.05) is 18.2 Å². The minimum absolute atomic E-state index is 0.00745. The molecule has 0 heterocycles. The lowest BCUT2D eigenvalue weighted by Gasteiger charge is -2.16. The fourth-order valence-corrected chi connectivity index (χ4v) is 1.69. The van der Waals surface area contributed by atoms with Crippen LogP contribution in [-0.4, -0.2) is 41.9 Å². The van der Waals surface area contributed by atoms with E-state index >= 15 is 0 Å². The minimum atomic E-state index is -2.57. The monoisotopic (exact) mass is 271 g/mol. The van der Waals surface area contributed by atoms with Crippen LogP contribution < -0.4 is 0 Å². The third kappa shape index (κ3) is 4.65. The Morgan fingerprint density at radius 3 is 2.53 bits per heavy atom. The molecule has 1 rings (SSSR count). The van der Waals surface area contributed by atoms with Gasteiger partial charge in [-0.25, -0.2) is 13.6 Å². The average molecular weight is 271 g/mol. The van der Waals surface area contributed by atoms with Gasteiger partial charge in [-0.15, -0.1) is 0 Å². The van der Waals surface area contributed by atoms with Crippen molar-refractivity contribution in [3.05, 3.63) is 35.4 Å². The number of carboxylic acids is 1. The predicted octanol–water partition coefficient (Wildman–Crippen LogP) is 2.04. The Morgan fingerprint density at radius 2 is 1.95 bits per heavy atom. The van der Waals surface area contributed by atoms with Gasteiger partial charge in [0.1, 0.15) is 0 Å². The number of carbonyl (C=O) groups is 2. The first-order valence-corrected chi connectivity index (χ1v) is 5.75. The zero-order chi connectivity index (χ0) is 14.4. The zero-order valence-electron chi connectivity index (χ0n) is 10.5. The molecule has 1 N–H and O–H groups in total. The van der Waals surface area contributed by atoms with E-state index in [1.165, 1.54) is 13.1 Å². The lowest BCUT2D eigenvalue weighted by Crippen LogP contribution is -2.31. The number of hydrogen-bond donors (Lipinski definition) is 1. The van der Waals surface area contributed by atoms with Gasteiger partial charge in [0.15, 0.2) is 0 Å². The normalized spacial score (nSPS) is 10.5. The van der Waals surface area contributed by atoms with Crippen LogP contribution in [0.5, 0.6) is 0 Å². The van der Waals surface area contributed by atoms with Crippen molar-refractivity contribution in [1.29, 1.82) is 0 Å². The van der Waals surface area contributed by atoms with E-state index in [9.17, 15) is 18.4 Å². The maximum Gasteiger partial charge on any atom is 0.335 e. The highest BCUT2D eigenvalue weighted by Gasteiger charge is 2.15. The van der Waals surface area contributed by atoms with E-state index in [0.29, 0.717) is 5.56 Å². The second kappa shape index (κ2) is 6.82. The number of aryl methyl sites for hydroxylation is 1. The van der Waals surface area contributed by atoms with Crippen LogP contribution in [0, 0.1) is 0 Å². The minimum Gasteiger partial charge on any atom is -0.478 e. The number of rotatable bonds is 6. The topological polar surface area (TPSA) is 57.6 Å². The van der Waals surface area contributed by atoms with E-state index in [2.05, 4.69) is 0 Å². The Bertz CT molecular complexity index is 463. The van der Waals surface area contributed by atoms with Gasteiger partial charge in [0.25, 0.3) is 6.43 Å². The van der Waals surface area contributed by atoms with Crippen LogP contribution in [0.3, 0.4) is 0 Å². The third-order valence-corrected chi connectivity index (χ3v) is 2.69. The number of carboxylic acid groups (broad SMARTS) is 1. The molecule has 0 aliphatic carbocycles. The molecule has 0 spiro atoms. The van der Waals surface area contributed by atoms with Crippen molar-refractivity contribution < 1.29 is 23.5 Å². The summed E-state index contributed by atoms with van der Waals surface area (Å²) in [7, 11) is 1.30. The van der Waals surface area contributed by atoms with E-state index in [1.807, 2.05) is 0 Å². The average Bonchev–Trinajstić information content (AvgIpc) is 2.35. The van der Waals surface area contributed by atoms with Crippen LogP contribution >= 0.6 is 0 Å². The molecule has 0 atom stereocenters. The number of nitrogens with zero attached hydrogens (tertiary/aromatic N) is 1. The summed E-state index contributed by atoms with van der Waals surface area (Å²) in [6.07, 6.45) is -2.34. The van der Waals surface area contributed by atoms with Gasteiger partial charge in [-0.2, -0.15) is 0 Å². The highest BCUT2D eigenvalue weighted by atomic mass is 19.3. The predicted molar refractivity (Wildman–Crippen MR) is 65.4 cm³/mol. The lowest BCUT2D eigenvalue weighted by molar-refractivity contribution is -0.131.